The van der Waals surface area contributed by atoms with Gasteiger partial charge in [-0.2, -0.15) is 0 Å². The Bertz CT molecular complexity index is 301. The first kappa shape index (κ1) is 20.1. The molecule has 3 heteroatoms. The summed E-state index contributed by atoms with van der Waals surface area (Å²) >= 11 is 0. The number of hydrogen-bond acceptors (Lipinski definition) is 3. The fourth-order valence-corrected chi connectivity index (χ4v) is 3.30. The van der Waals surface area contributed by atoms with Crippen LogP contribution in [0.4, 0.5) is 0 Å². The first-order chi connectivity index (χ1) is 11.4. The molecule has 1 aliphatic rings. The summed E-state index contributed by atoms with van der Waals surface area (Å²) in [4.78, 5) is 2.33. The van der Waals surface area contributed by atoms with Crippen LogP contribution < -0.4 is 11.1 Å². The van der Waals surface area contributed by atoms with Crippen LogP contribution in [0.3, 0.4) is 0 Å². The van der Waals surface area contributed by atoms with E-state index in [1.807, 2.05) is 6.08 Å². The summed E-state index contributed by atoms with van der Waals surface area (Å²) < 4.78 is 0. The molecule has 0 spiro atoms. The van der Waals surface area contributed by atoms with Crippen molar-refractivity contribution in [3.8, 4) is 0 Å². The quantitative estimate of drug-likeness (QED) is 0.314. The molecule has 0 amide bonds. The van der Waals surface area contributed by atoms with Crippen LogP contribution in [0.5, 0.6) is 0 Å². The zero-order valence-corrected chi connectivity index (χ0v) is 15.1. The highest BCUT2D eigenvalue weighted by Gasteiger charge is 2.16. The predicted octanol–water partition coefficient (Wildman–Crippen LogP) is 4.90. The Kier molecular flexibility index (Phi) is 12.8. The molecule has 1 aliphatic heterocycles. The van der Waals surface area contributed by atoms with Crippen molar-refractivity contribution in [1.82, 2.24) is 10.2 Å². The molecule has 0 saturated carbocycles. The largest absolute Gasteiger partial charge is 0.370 e. The lowest BCUT2D eigenvalue weighted by atomic mass is 10.0. The van der Waals surface area contributed by atoms with Crippen molar-refractivity contribution >= 4 is 0 Å². The van der Waals surface area contributed by atoms with Gasteiger partial charge in [0, 0.05) is 25.5 Å². The average molecular weight is 322 g/mol. The molecule has 0 aromatic heterocycles. The van der Waals surface area contributed by atoms with Gasteiger partial charge in [-0.1, -0.05) is 63.9 Å². The third kappa shape index (κ3) is 10.4. The van der Waals surface area contributed by atoms with Gasteiger partial charge in [-0.05, 0) is 25.7 Å². The summed E-state index contributed by atoms with van der Waals surface area (Å²) in [5.41, 5.74) is 5.64. The van der Waals surface area contributed by atoms with E-state index in [0.717, 1.165) is 13.1 Å². The van der Waals surface area contributed by atoms with Crippen molar-refractivity contribution in [1.29, 1.82) is 0 Å². The fraction of sp³-hybridized carbons (Fsp3) is 0.800. The molecule has 1 atom stereocenters. The van der Waals surface area contributed by atoms with Crippen molar-refractivity contribution in [2.45, 2.75) is 89.6 Å². The van der Waals surface area contributed by atoms with E-state index >= 15 is 0 Å². The topological polar surface area (TPSA) is 41.3 Å². The lowest BCUT2D eigenvalue weighted by Crippen LogP contribution is -2.37. The number of unbranched alkanes of at least 4 members (excludes halogenated alkanes) is 11. The molecule has 23 heavy (non-hydrogen) atoms. The molecule has 1 rings (SSSR count). The molecule has 0 aromatic carbocycles. The van der Waals surface area contributed by atoms with E-state index in [1.54, 1.807) is 0 Å². The normalized spacial score (nSPS) is 16.7. The summed E-state index contributed by atoms with van der Waals surface area (Å²) in [6, 6.07) is 0. The van der Waals surface area contributed by atoms with E-state index in [4.69, 9.17) is 5.73 Å². The maximum Gasteiger partial charge on any atom is 0.0981 e. The van der Waals surface area contributed by atoms with Gasteiger partial charge < -0.3 is 16.0 Å². The van der Waals surface area contributed by atoms with Crippen LogP contribution in [0.2, 0.25) is 0 Å². The van der Waals surface area contributed by atoms with Crippen LogP contribution in [0.15, 0.2) is 25.1 Å². The SMILES string of the molecule is C=CCCCCCCCCCCCCCC1NC=CN1CCN. The molecule has 0 fully saturated rings. The molecule has 3 N–H and O–H groups in total. The second-order valence-corrected chi connectivity index (χ2v) is 6.78. The molecule has 1 heterocycles. The Morgan fingerprint density at radius 1 is 0.913 bits per heavy atom. The summed E-state index contributed by atoms with van der Waals surface area (Å²) in [6.45, 7) is 5.46. The van der Waals surface area contributed by atoms with Crippen molar-refractivity contribution in [3.63, 3.8) is 0 Å². The highest BCUT2D eigenvalue weighted by atomic mass is 15.3. The maximum absolute atomic E-state index is 5.64. The molecule has 1 unspecified atom stereocenters. The molecule has 0 radical (unpaired) electrons. The molecule has 3 nitrogen and oxygen atoms in total. The van der Waals surface area contributed by atoms with Crippen LogP contribution in [-0.4, -0.2) is 24.2 Å². The Balaban J connectivity index is 1.79. The average Bonchev–Trinajstić information content (AvgIpc) is 2.99. The summed E-state index contributed by atoms with van der Waals surface area (Å²) in [6.07, 6.45) is 24.5. The van der Waals surface area contributed by atoms with Gasteiger partial charge in [0.25, 0.3) is 0 Å². The number of rotatable bonds is 16. The minimum atomic E-state index is 0.486. The number of nitrogens with two attached hydrogens (primary N) is 1. The second-order valence-electron chi connectivity index (χ2n) is 6.78. The highest BCUT2D eigenvalue weighted by molar-refractivity contribution is 4.94. The van der Waals surface area contributed by atoms with Gasteiger partial charge >= 0.3 is 0 Å². The first-order valence-corrected chi connectivity index (χ1v) is 9.88. The summed E-state index contributed by atoms with van der Waals surface area (Å²) in [5.74, 6) is 0. The third-order valence-electron chi connectivity index (χ3n) is 4.73. The van der Waals surface area contributed by atoms with E-state index in [2.05, 4.69) is 29.2 Å². The summed E-state index contributed by atoms with van der Waals surface area (Å²) in [5, 5.41) is 3.42. The Labute approximate surface area is 144 Å². The molecular weight excluding hydrogens is 282 g/mol. The van der Waals surface area contributed by atoms with Gasteiger partial charge in [-0.3, -0.25) is 0 Å². The third-order valence-corrected chi connectivity index (χ3v) is 4.73. The smallest absolute Gasteiger partial charge is 0.0981 e. The van der Waals surface area contributed by atoms with Crippen LogP contribution in [0, 0.1) is 0 Å². The minimum Gasteiger partial charge on any atom is -0.370 e. The predicted molar refractivity (Wildman–Crippen MR) is 102 cm³/mol. The number of hydrogen-bond donors (Lipinski definition) is 2. The van der Waals surface area contributed by atoms with Gasteiger partial charge in [0.05, 0.1) is 6.17 Å². The molecular formula is C20H39N3. The Morgan fingerprint density at radius 3 is 2.04 bits per heavy atom. The molecule has 134 valence electrons. The second kappa shape index (κ2) is 14.6. The van der Waals surface area contributed by atoms with Crippen LogP contribution >= 0.6 is 0 Å². The molecule has 0 saturated heterocycles. The molecule has 0 aromatic rings. The molecule has 0 bridgehead atoms. The van der Waals surface area contributed by atoms with E-state index in [9.17, 15) is 0 Å². The minimum absolute atomic E-state index is 0.486. The van der Waals surface area contributed by atoms with E-state index in [0.29, 0.717) is 6.17 Å². The van der Waals surface area contributed by atoms with E-state index in [1.165, 1.54) is 83.5 Å². The van der Waals surface area contributed by atoms with Crippen LogP contribution in [-0.2, 0) is 0 Å². The standard InChI is InChI=1S/C20H39N3/c1-2-3-4-5-6-7-8-9-10-11-12-13-14-15-20-22-17-19-23(20)18-16-21/h2,17,19-20,22H,1,3-16,18,21H2. The van der Waals surface area contributed by atoms with Crippen molar-refractivity contribution in [3.05, 3.63) is 25.1 Å². The number of allylic oxidation sites excluding steroid dienone is 1. The van der Waals surface area contributed by atoms with Gasteiger partial charge in [0.2, 0.25) is 0 Å². The van der Waals surface area contributed by atoms with Crippen molar-refractivity contribution in [2.75, 3.05) is 13.1 Å². The van der Waals surface area contributed by atoms with E-state index < -0.39 is 0 Å². The van der Waals surface area contributed by atoms with Gasteiger partial charge in [0.15, 0.2) is 0 Å². The zero-order valence-electron chi connectivity index (χ0n) is 15.1. The monoisotopic (exact) mass is 321 g/mol. The van der Waals surface area contributed by atoms with Gasteiger partial charge in [0.1, 0.15) is 0 Å². The first-order valence-electron chi connectivity index (χ1n) is 9.88. The van der Waals surface area contributed by atoms with Crippen LogP contribution in [0.1, 0.15) is 83.5 Å². The van der Waals surface area contributed by atoms with Crippen molar-refractivity contribution in [2.24, 2.45) is 5.73 Å². The number of nitrogens with zero attached hydrogens (tertiary/aromatic N) is 1. The molecule has 0 aliphatic carbocycles. The zero-order chi connectivity index (χ0) is 16.6. The lowest BCUT2D eigenvalue weighted by Gasteiger charge is -2.25. The van der Waals surface area contributed by atoms with Gasteiger partial charge in [-0.25, -0.2) is 0 Å². The van der Waals surface area contributed by atoms with E-state index in [-0.39, 0.29) is 0 Å². The Hall–Kier alpha value is -0.960. The fourth-order valence-electron chi connectivity index (χ4n) is 3.30. The van der Waals surface area contributed by atoms with Crippen LogP contribution in [0.25, 0.3) is 0 Å². The number of nitrogens with one attached hydrogen (secondary N) is 1. The van der Waals surface area contributed by atoms with Crippen molar-refractivity contribution < 1.29 is 0 Å². The highest BCUT2D eigenvalue weighted by Crippen LogP contribution is 2.15. The lowest BCUT2D eigenvalue weighted by molar-refractivity contribution is 0.264. The summed E-state index contributed by atoms with van der Waals surface area (Å²) in [7, 11) is 0. The maximum atomic E-state index is 5.64. The Morgan fingerprint density at radius 2 is 1.48 bits per heavy atom. The van der Waals surface area contributed by atoms with Gasteiger partial charge in [-0.15, -0.1) is 6.58 Å².